The van der Waals surface area contributed by atoms with Crippen molar-refractivity contribution < 1.29 is 18.7 Å². The van der Waals surface area contributed by atoms with Gasteiger partial charge >= 0.3 is 6.09 Å². The molecule has 0 fully saturated rings. The number of aryl methyl sites for hydroxylation is 1. The van der Waals surface area contributed by atoms with E-state index in [1.807, 2.05) is 0 Å². The van der Waals surface area contributed by atoms with Crippen LogP contribution < -0.4 is 10.5 Å². The number of H-pyrrole nitrogens is 2. The van der Waals surface area contributed by atoms with E-state index in [1.54, 1.807) is 26.0 Å². The van der Waals surface area contributed by atoms with E-state index in [0.29, 0.717) is 16.6 Å². The number of carbonyl (C=O) groups is 1. The highest BCUT2D eigenvalue weighted by atomic mass is 19.2. The Morgan fingerprint density at radius 1 is 1.17 bits per heavy atom. The maximum absolute atomic E-state index is 13.8. The second-order valence-corrected chi connectivity index (χ2v) is 6.48. The second-order valence-electron chi connectivity index (χ2n) is 6.48. The number of halogens is 2. The van der Waals surface area contributed by atoms with Gasteiger partial charge in [-0.2, -0.15) is 5.10 Å². The van der Waals surface area contributed by atoms with Crippen LogP contribution in [0.4, 0.5) is 19.5 Å². The number of fused-ring (bicyclic) bond motifs is 2. The smallest absolute Gasteiger partial charge is 0.414 e. The van der Waals surface area contributed by atoms with Crippen molar-refractivity contribution in [3.05, 3.63) is 51.8 Å². The fourth-order valence-electron chi connectivity index (χ4n) is 3.27. The lowest BCUT2D eigenvalue weighted by Gasteiger charge is -2.12. The number of aromatic amines is 2. The third-order valence-corrected chi connectivity index (χ3v) is 4.70. The molecule has 0 spiro atoms. The molecule has 0 atom stereocenters. The number of carboxylic acid groups (broad SMARTS) is 1. The first-order valence-electron chi connectivity index (χ1n) is 8.68. The first-order chi connectivity index (χ1) is 13.8. The number of benzene rings is 2. The molecule has 4 aromatic rings. The van der Waals surface area contributed by atoms with Crippen LogP contribution in [0.25, 0.3) is 33.1 Å². The van der Waals surface area contributed by atoms with Gasteiger partial charge in [0.25, 0.3) is 5.56 Å². The van der Waals surface area contributed by atoms with Crippen molar-refractivity contribution >= 4 is 33.8 Å². The standard InChI is InChI=1S/C19H15F2N5O3/c1-3-26(19(28)29)18-22-14-4-8(2)9(7-15(14)23-18)16-10-5-12(20)13(21)6-11(10)17(27)25-24-16/h4-7H,3H2,1-2H3,(H,22,23)(H,25,27)(H,28,29). The molecule has 0 saturated heterocycles. The molecule has 1 amide bonds. The second kappa shape index (κ2) is 6.66. The third kappa shape index (κ3) is 2.98. The van der Waals surface area contributed by atoms with Gasteiger partial charge in [0.1, 0.15) is 0 Å². The minimum Gasteiger partial charge on any atom is -0.465 e. The fraction of sp³-hybridized carbons (Fsp3) is 0.158. The summed E-state index contributed by atoms with van der Waals surface area (Å²) in [5.41, 5.74) is 1.95. The van der Waals surface area contributed by atoms with Gasteiger partial charge in [-0.15, -0.1) is 0 Å². The Labute approximate surface area is 161 Å². The van der Waals surface area contributed by atoms with Gasteiger partial charge in [-0.05, 0) is 43.7 Å². The maximum atomic E-state index is 13.8. The quantitative estimate of drug-likeness (QED) is 0.487. The first kappa shape index (κ1) is 18.5. The molecule has 0 aliphatic carbocycles. The van der Waals surface area contributed by atoms with Crippen LogP contribution in [0.2, 0.25) is 0 Å². The van der Waals surface area contributed by atoms with Gasteiger partial charge < -0.3 is 10.1 Å². The zero-order chi connectivity index (χ0) is 20.9. The Morgan fingerprint density at radius 2 is 1.86 bits per heavy atom. The molecule has 10 heteroatoms. The van der Waals surface area contributed by atoms with E-state index in [2.05, 4.69) is 20.2 Å². The highest BCUT2D eigenvalue weighted by molar-refractivity contribution is 5.97. The number of nitrogens with one attached hydrogen (secondary N) is 2. The molecule has 2 aromatic heterocycles. The van der Waals surface area contributed by atoms with Crippen molar-refractivity contribution in [2.24, 2.45) is 0 Å². The van der Waals surface area contributed by atoms with Crippen LogP contribution in [0.1, 0.15) is 12.5 Å². The van der Waals surface area contributed by atoms with E-state index in [0.717, 1.165) is 22.6 Å². The van der Waals surface area contributed by atoms with Crippen molar-refractivity contribution in [1.82, 2.24) is 20.2 Å². The molecule has 0 aliphatic heterocycles. The third-order valence-electron chi connectivity index (χ3n) is 4.70. The summed E-state index contributed by atoms with van der Waals surface area (Å²) in [5, 5.41) is 15.8. The SMILES string of the molecule is CCN(C(=O)O)c1nc2cc(-c3n[nH]c(=O)c4cc(F)c(F)cc34)c(C)cc2[nH]1. The van der Waals surface area contributed by atoms with E-state index < -0.39 is 23.3 Å². The molecule has 0 unspecified atom stereocenters. The number of amides is 1. The molecule has 8 nitrogen and oxygen atoms in total. The molecular weight excluding hydrogens is 384 g/mol. The van der Waals surface area contributed by atoms with Crippen LogP contribution in [0.5, 0.6) is 0 Å². The highest BCUT2D eigenvalue weighted by Crippen LogP contribution is 2.31. The lowest BCUT2D eigenvalue weighted by molar-refractivity contribution is 0.202. The molecular formula is C19H15F2N5O3. The van der Waals surface area contributed by atoms with Crippen LogP contribution in [0.3, 0.4) is 0 Å². The molecule has 148 valence electrons. The predicted molar refractivity (Wildman–Crippen MR) is 103 cm³/mol. The highest BCUT2D eigenvalue weighted by Gasteiger charge is 2.19. The van der Waals surface area contributed by atoms with Crippen LogP contribution in [-0.2, 0) is 0 Å². The summed E-state index contributed by atoms with van der Waals surface area (Å²) in [4.78, 5) is 31.7. The Balaban J connectivity index is 1.96. The molecule has 0 radical (unpaired) electrons. The zero-order valence-electron chi connectivity index (χ0n) is 15.4. The molecule has 0 bridgehead atoms. The minimum atomic E-state index is -1.14. The van der Waals surface area contributed by atoms with Crippen LogP contribution in [0.15, 0.2) is 29.1 Å². The number of nitrogens with zero attached hydrogens (tertiary/aromatic N) is 3. The van der Waals surface area contributed by atoms with E-state index in [9.17, 15) is 23.5 Å². The largest absolute Gasteiger partial charge is 0.465 e. The van der Waals surface area contributed by atoms with Crippen molar-refractivity contribution in [2.75, 3.05) is 11.4 Å². The number of rotatable bonds is 3. The molecule has 0 aliphatic rings. The lowest BCUT2D eigenvalue weighted by atomic mass is 10.00. The Kier molecular flexibility index (Phi) is 4.26. The summed E-state index contributed by atoms with van der Waals surface area (Å²) in [5.74, 6) is -2.05. The molecule has 3 N–H and O–H groups in total. The fourth-order valence-corrected chi connectivity index (χ4v) is 3.27. The molecule has 2 aromatic carbocycles. The number of aromatic nitrogens is 4. The average molecular weight is 399 g/mol. The van der Waals surface area contributed by atoms with Gasteiger partial charge in [0, 0.05) is 17.5 Å². The lowest BCUT2D eigenvalue weighted by Crippen LogP contribution is -2.29. The number of hydrogen-bond acceptors (Lipinski definition) is 4. The van der Waals surface area contributed by atoms with Gasteiger partial charge in [0.15, 0.2) is 11.6 Å². The number of hydrogen-bond donors (Lipinski definition) is 3. The van der Waals surface area contributed by atoms with Crippen LogP contribution in [0, 0.1) is 18.6 Å². The normalized spacial score (nSPS) is 11.3. The van der Waals surface area contributed by atoms with Crippen LogP contribution >= 0.6 is 0 Å². The van der Waals surface area contributed by atoms with Crippen molar-refractivity contribution in [3.63, 3.8) is 0 Å². The van der Waals surface area contributed by atoms with E-state index in [1.165, 1.54) is 0 Å². The number of anilines is 1. The monoisotopic (exact) mass is 399 g/mol. The van der Waals surface area contributed by atoms with Crippen molar-refractivity contribution in [1.29, 1.82) is 0 Å². The summed E-state index contributed by atoms with van der Waals surface area (Å²) in [6.45, 7) is 3.67. The zero-order valence-corrected chi connectivity index (χ0v) is 15.4. The van der Waals surface area contributed by atoms with E-state index >= 15 is 0 Å². The Bertz CT molecular complexity index is 1350. The predicted octanol–water partition coefficient (Wildman–Crippen LogP) is 3.56. The topological polar surface area (TPSA) is 115 Å². The van der Waals surface area contributed by atoms with E-state index in [-0.39, 0.29) is 29.0 Å². The summed E-state index contributed by atoms with van der Waals surface area (Å²) >= 11 is 0. The number of imidazole rings is 1. The summed E-state index contributed by atoms with van der Waals surface area (Å²) in [6.07, 6.45) is -1.14. The Morgan fingerprint density at radius 3 is 2.52 bits per heavy atom. The average Bonchev–Trinajstić information content (AvgIpc) is 3.05. The van der Waals surface area contributed by atoms with Gasteiger partial charge in [-0.1, -0.05) is 0 Å². The van der Waals surface area contributed by atoms with Crippen LogP contribution in [-0.4, -0.2) is 37.9 Å². The molecule has 2 heterocycles. The van der Waals surface area contributed by atoms with E-state index in [4.69, 9.17) is 0 Å². The summed E-state index contributed by atoms with van der Waals surface area (Å²) < 4.78 is 27.5. The van der Waals surface area contributed by atoms with Gasteiger partial charge in [0.2, 0.25) is 5.95 Å². The van der Waals surface area contributed by atoms with Gasteiger partial charge in [-0.3, -0.25) is 4.79 Å². The van der Waals surface area contributed by atoms with Gasteiger partial charge in [0.05, 0.1) is 22.1 Å². The van der Waals surface area contributed by atoms with Gasteiger partial charge in [-0.25, -0.2) is 28.6 Å². The van der Waals surface area contributed by atoms with Crippen molar-refractivity contribution in [3.8, 4) is 11.3 Å². The summed E-state index contributed by atoms with van der Waals surface area (Å²) in [6, 6.07) is 5.17. The summed E-state index contributed by atoms with van der Waals surface area (Å²) in [7, 11) is 0. The first-order valence-corrected chi connectivity index (χ1v) is 8.68. The maximum Gasteiger partial charge on any atom is 0.414 e. The molecule has 4 rings (SSSR count). The molecule has 0 saturated carbocycles. The Hall–Kier alpha value is -3.82. The minimum absolute atomic E-state index is 0.0286. The molecule has 29 heavy (non-hydrogen) atoms. The van der Waals surface area contributed by atoms with Crippen molar-refractivity contribution in [2.45, 2.75) is 13.8 Å².